The molecule has 0 amide bonds. The number of benzene rings is 3. The monoisotopic (exact) mass is 277 g/mol. The standard InChI is InChI=1S/C18H12ClN/c1-12-15(11-20)10-14-4-2-3-5-17(14)18(12)13-6-8-16(19)9-7-13/h2-10H,1H3. The van der Waals surface area contributed by atoms with Gasteiger partial charge in [0, 0.05) is 5.02 Å². The van der Waals surface area contributed by atoms with E-state index < -0.39 is 0 Å². The fourth-order valence-electron chi connectivity index (χ4n) is 2.56. The Labute approximate surface area is 123 Å². The lowest BCUT2D eigenvalue weighted by Crippen LogP contribution is -1.91. The van der Waals surface area contributed by atoms with E-state index in [-0.39, 0.29) is 0 Å². The van der Waals surface area contributed by atoms with Gasteiger partial charge in [-0.25, -0.2) is 0 Å². The van der Waals surface area contributed by atoms with Gasteiger partial charge in [-0.05, 0) is 52.6 Å². The number of hydrogen-bond acceptors (Lipinski definition) is 1. The number of rotatable bonds is 1. The van der Waals surface area contributed by atoms with E-state index in [1.54, 1.807) is 0 Å². The Morgan fingerprint density at radius 3 is 2.40 bits per heavy atom. The van der Waals surface area contributed by atoms with E-state index in [0.29, 0.717) is 10.6 Å². The lowest BCUT2D eigenvalue weighted by Gasteiger charge is -2.12. The van der Waals surface area contributed by atoms with Crippen molar-refractivity contribution in [2.45, 2.75) is 6.92 Å². The third kappa shape index (κ3) is 2.05. The van der Waals surface area contributed by atoms with Gasteiger partial charge in [-0.15, -0.1) is 0 Å². The Morgan fingerprint density at radius 2 is 1.70 bits per heavy atom. The minimum Gasteiger partial charge on any atom is -0.192 e. The molecule has 0 aliphatic carbocycles. The van der Waals surface area contributed by atoms with Crippen LogP contribution < -0.4 is 0 Å². The van der Waals surface area contributed by atoms with E-state index >= 15 is 0 Å². The van der Waals surface area contributed by atoms with Crippen molar-refractivity contribution < 1.29 is 0 Å². The van der Waals surface area contributed by atoms with Crippen LogP contribution in [0.5, 0.6) is 0 Å². The first-order valence-corrected chi connectivity index (χ1v) is 6.77. The van der Waals surface area contributed by atoms with E-state index in [0.717, 1.165) is 27.5 Å². The fourth-order valence-corrected chi connectivity index (χ4v) is 2.68. The molecule has 0 radical (unpaired) electrons. The third-order valence-electron chi connectivity index (χ3n) is 3.56. The molecule has 96 valence electrons. The highest BCUT2D eigenvalue weighted by Gasteiger charge is 2.11. The van der Waals surface area contributed by atoms with Crippen LogP contribution in [0.3, 0.4) is 0 Å². The maximum Gasteiger partial charge on any atom is 0.0994 e. The molecule has 0 aliphatic heterocycles. The van der Waals surface area contributed by atoms with Crippen LogP contribution >= 0.6 is 11.6 Å². The Balaban J connectivity index is 2.41. The van der Waals surface area contributed by atoms with Crippen LogP contribution in [-0.4, -0.2) is 0 Å². The van der Waals surface area contributed by atoms with Crippen LogP contribution in [-0.2, 0) is 0 Å². The smallest absolute Gasteiger partial charge is 0.0994 e. The molecular formula is C18H12ClN. The van der Waals surface area contributed by atoms with Gasteiger partial charge < -0.3 is 0 Å². The van der Waals surface area contributed by atoms with Gasteiger partial charge in [0.1, 0.15) is 0 Å². The van der Waals surface area contributed by atoms with Crippen molar-refractivity contribution in [1.82, 2.24) is 0 Å². The van der Waals surface area contributed by atoms with Crippen molar-refractivity contribution in [3.05, 3.63) is 70.7 Å². The van der Waals surface area contributed by atoms with Crippen molar-refractivity contribution in [2.24, 2.45) is 0 Å². The molecule has 0 aliphatic rings. The molecule has 1 nitrogen and oxygen atoms in total. The summed E-state index contributed by atoms with van der Waals surface area (Å²) in [4.78, 5) is 0. The van der Waals surface area contributed by atoms with Gasteiger partial charge in [0.25, 0.3) is 0 Å². The van der Waals surface area contributed by atoms with E-state index in [1.807, 2.05) is 55.5 Å². The first-order chi connectivity index (χ1) is 9.70. The molecule has 3 rings (SSSR count). The van der Waals surface area contributed by atoms with Gasteiger partial charge in [-0.2, -0.15) is 5.26 Å². The molecule has 20 heavy (non-hydrogen) atoms. The molecule has 0 fully saturated rings. The quantitative estimate of drug-likeness (QED) is 0.589. The zero-order valence-electron chi connectivity index (χ0n) is 11.0. The van der Waals surface area contributed by atoms with Crippen LogP contribution in [0.1, 0.15) is 11.1 Å². The minimum atomic E-state index is 0.715. The molecule has 0 heterocycles. The summed E-state index contributed by atoms with van der Waals surface area (Å²) in [7, 11) is 0. The zero-order chi connectivity index (χ0) is 14.1. The Hall–Kier alpha value is -2.30. The highest BCUT2D eigenvalue weighted by Crippen LogP contribution is 2.34. The molecule has 0 bridgehead atoms. The lowest BCUT2D eigenvalue weighted by atomic mass is 9.91. The lowest BCUT2D eigenvalue weighted by molar-refractivity contribution is 1.41. The Bertz CT molecular complexity index is 826. The molecule has 3 aromatic rings. The second kappa shape index (κ2) is 5.00. The summed E-state index contributed by atoms with van der Waals surface area (Å²) in [6, 6.07) is 20.1. The van der Waals surface area contributed by atoms with Crippen molar-refractivity contribution in [3.63, 3.8) is 0 Å². The highest BCUT2D eigenvalue weighted by atomic mass is 35.5. The molecule has 0 atom stereocenters. The molecular weight excluding hydrogens is 266 g/mol. The number of nitrogens with zero attached hydrogens (tertiary/aromatic N) is 1. The number of nitriles is 1. The van der Waals surface area contributed by atoms with Gasteiger partial charge in [0.2, 0.25) is 0 Å². The fraction of sp³-hybridized carbons (Fsp3) is 0.0556. The molecule has 3 aromatic carbocycles. The Morgan fingerprint density at radius 1 is 1.00 bits per heavy atom. The van der Waals surface area contributed by atoms with E-state index in [4.69, 9.17) is 11.6 Å². The van der Waals surface area contributed by atoms with Crippen LogP contribution in [0, 0.1) is 18.3 Å². The maximum atomic E-state index is 9.32. The van der Waals surface area contributed by atoms with Gasteiger partial charge >= 0.3 is 0 Å². The van der Waals surface area contributed by atoms with Gasteiger partial charge in [0.05, 0.1) is 11.6 Å². The molecule has 0 saturated carbocycles. The summed E-state index contributed by atoms with van der Waals surface area (Å²) in [5.41, 5.74) is 3.92. The highest BCUT2D eigenvalue weighted by molar-refractivity contribution is 6.30. The SMILES string of the molecule is Cc1c(C#N)cc2ccccc2c1-c1ccc(Cl)cc1. The van der Waals surface area contributed by atoms with E-state index in [1.165, 1.54) is 0 Å². The molecule has 0 saturated heterocycles. The summed E-state index contributed by atoms with van der Waals surface area (Å²) in [5, 5.41) is 12.3. The molecule has 0 N–H and O–H groups in total. The van der Waals surface area contributed by atoms with Crippen molar-refractivity contribution >= 4 is 22.4 Å². The van der Waals surface area contributed by atoms with Crippen LogP contribution in [0.4, 0.5) is 0 Å². The molecule has 2 heteroatoms. The summed E-state index contributed by atoms with van der Waals surface area (Å²) < 4.78 is 0. The van der Waals surface area contributed by atoms with Crippen molar-refractivity contribution in [2.75, 3.05) is 0 Å². The van der Waals surface area contributed by atoms with Gasteiger partial charge in [0.15, 0.2) is 0 Å². The average molecular weight is 278 g/mol. The first kappa shape index (κ1) is 12.7. The van der Waals surface area contributed by atoms with Crippen molar-refractivity contribution in [1.29, 1.82) is 5.26 Å². The minimum absolute atomic E-state index is 0.715. The van der Waals surface area contributed by atoms with Crippen LogP contribution in [0.25, 0.3) is 21.9 Å². The number of hydrogen-bond donors (Lipinski definition) is 0. The second-order valence-corrected chi connectivity index (χ2v) is 5.20. The van der Waals surface area contributed by atoms with Crippen LogP contribution in [0.15, 0.2) is 54.6 Å². The number of fused-ring (bicyclic) bond motifs is 1. The van der Waals surface area contributed by atoms with E-state index in [2.05, 4.69) is 12.1 Å². The van der Waals surface area contributed by atoms with E-state index in [9.17, 15) is 5.26 Å². The normalized spacial score (nSPS) is 10.4. The first-order valence-electron chi connectivity index (χ1n) is 6.39. The average Bonchev–Trinajstić information content (AvgIpc) is 2.48. The summed E-state index contributed by atoms with van der Waals surface area (Å²) >= 11 is 5.96. The van der Waals surface area contributed by atoms with Gasteiger partial charge in [-0.1, -0.05) is 48.0 Å². The predicted molar refractivity (Wildman–Crippen MR) is 83.8 cm³/mol. The maximum absolute atomic E-state index is 9.32. The topological polar surface area (TPSA) is 23.8 Å². The zero-order valence-corrected chi connectivity index (χ0v) is 11.8. The molecule has 0 aromatic heterocycles. The molecule has 0 spiro atoms. The number of halogens is 1. The summed E-state index contributed by atoms with van der Waals surface area (Å²) in [6.45, 7) is 1.99. The Kier molecular flexibility index (Phi) is 3.18. The van der Waals surface area contributed by atoms with Gasteiger partial charge in [-0.3, -0.25) is 0 Å². The predicted octanol–water partition coefficient (Wildman–Crippen LogP) is 5.34. The second-order valence-electron chi connectivity index (χ2n) is 4.76. The van der Waals surface area contributed by atoms with Crippen LogP contribution in [0.2, 0.25) is 5.02 Å². The van der Waals surface area contributed by atoms with Crippen molar-refractivity contribution in [3.8, 4) is 17.2 Å². The largest absolute Gasteiger partial charge is 0.192 e. The third-order valence-corrected chi connectivity index (χ3v) is 3.81. The molecule has 0 unspecified atom stereocenters. The summed E-state index contributed by atoms with van der Waals surface area (Å²) in [5.74, 6) is 0. The summed E-state index contributed by atoms with van der Waals surface area (Å²) in [6.07, 6.45) is 0.